The smallest absolute Gasteiger partial charge is 0.193 e. The second-order valence-electron chi connectivity index (χ2n) is 6.64. The summed E-state index contributed by atoms with van der Waals surface area (Å²) in [6.07, 6.45) is 3.75. The van der Waals surface area contributed by atoms with Gasteiger partial charge in [0.05, 0.1) is 0 Å². The minimum atomic E-state index is 0. The van der Waals surface area contributed by atoms with Gasteiger partial charge in [0.15, 0.2) is 5.96 Å². The summed E-state index contributed by atoms with van der Waals surface area (Å²) in [7, 11) is 0. The molecule has 2 aliphatic rings. The van der Waals surface area contributed by atoms with E-state index in [9.17, 15) is 0 Å². The molecule has 0 aromatic heterocycles. The van der Waals surface area contributed by atoms with Gasteiger partial charge in [-0.3, -0.25) is 4.99 Å². The Morgan fingerprint density at radius 2 is 2.18 bits per heavy atom. The molecule has 2 rings (SSSR count). The van der Waals surface area contributed by atoms with E-state index in [1.54, 1.807) is 0 Å². The highest BCUT2D eigenvalue weighted by molar-refractivity contribution is 14.0. The monoisotopic (exact) mass is 441 g/mol. The summed E-state index contributed by atoms with van der Waals surface area (Å²) in [6.45, 7) is 12.5. The quantitative estimate of drug-likeness (QED) is 0.285. The standard InChI is InChI=1S/C16H31N3OS.HI/c1-4-17-15(19-9-11-21-16(2,3)13-19)18-8-5-10-20-12-14-6-7-14;/h14H,4-13H2,1-3H3,(H,17,18);1H. The Morgan fingerprint density at radius 3 is 2.82 bits per heavy atom. The first-order valence-corrected chi connectivity index (χ1v) is 9.34. The van der Waals surface area contributed by atoms with Gasteiger partial charge in [0.1, 0.15) is 0 Å². The van der Waals surface area contributed by atoms with Crippen LogP contribution in [0.25, 0.3) is 0 Å². The van der Waals surface area contributed by atoms with Crippen molar-refractivity contribution >= 4 is 41.7 Å². The number of nitrogens with zero attached hydrogens (tertiary/aromatic N) is 2. The maximum atomic E-state index is 5.67. The molecule has 6 heteroatoms. The molecule has 1 aliphatic carbocycles. The van der Waals surface area contributed by atoms with Gasteiger partial charge in [-0.25, -0.2) is 0 Å². The van der Waals surface area contributed by atoms with Crippen LogP contribution in [0.3, 0.4) is 0 Å². The van der Waals surface area contributed by atoms with E-state index in [1.807, 2.05) is 0 Å². The highest BCUT2D eigenvalue weighted by Gasteiger charge is 2.28. The van der Waals surface area contributed by atoms with Crippen molar-refractivity contribution in [3.63, 3.8) is 0 Å². The fourth-order valence-corrected chi connectivity index (χ4v) is 3.62. The largest absolute Gasteiger partial charge is 0.381 e. The van der Waals surface area contributed by atoms with Crippen molar-refractivity contribution in [2.75, 3.05) is 45.1 Å². The van der Waals surface area contributed by atoms with E-state index in [0.717, 1.165) is 57.7 Å². The Bertz CT molecular complexity index is 348. The van der Waals surface area contributed by atoms with E-state index < -0.39 is 0 Å². The van der Waals surface area contributed by atoms with Crippen LogP contribution < -0.4 is 5.32 Å². The molecule has 0 atom stereocenters. The molecular weight excluding hydrogens is 409 g/mol. The molecule has 1 saturated heterocycles. The second-order valence-corrected chi connectivity index (χ2v) is 8.44. The minimum absolute atomic E-state index is 0. The van der Waals surface area contributed by atoms with Crippen LogP contribution in [0.2, 0.25) is 0 Å². The van der Waals surface area contributed by atoms with Crippen LogP contribution in [0, 0.1) is 5.92 Å². The summed E-state index contributed by atoms with van der Waals surface area (Å²) < 4.78 is 5.99. The van der Waals surface area contributed by atoms with Crippen molar-refractivity contribution in [1.29, 1.82) is 0 Å². The fraction of sp³-hybridized carbons (Fsp3) is 0.938. The molecule has 0 aromatic carbocycles. The molecule has 0 bridgehead atoms. The maximum absolute atomic E-state index is 5.67. The van der Waals surface area contributed by atoms with Crippen molar-refractivity contribution < 1.29 is 4.74 Å². The molecule has 22 heavy (non-hydrogen) atoms. The maximum Gasteiger partial charge on any atom is 0.193 e. The van der Waals surface area contributed by atoms with Gasteiger partial charge in [-0.15, -0.1) is 24.0 Å². The van der Waals surface area contributed by atoms with Gasteiger partial charge in [0.25, 0.3) is 0 Å². The predicted octanol–water partition coefficient (Wildman–Crippen LogP) is 3.21. The Morgan fingerprint density at radius 1 is 1.41 bits per heavy atom. The number of thioether (sulfide) groups is 1. The molecule has 0 amide bonds. The van der Waals surface area contributed by atoms with Gasteiger partial charge in [-0.1, -0.05) is 0 Å². The SMILES string of the molecule is CCNC(=NCCCOCC1CC1)N1CCSC(C)(C)C1.I. The molecular formula is C16H32IN3OS. The van der Waals surface area contributed by atoms with Crippen molar-refractivity contribution in [3.8, 4) is 0 Å². The molecule has 130 valence electrons. The number of aliphatic imine (C=N–C) groups is 1. The summed E-state index contributed by atoms with van der Waals surface area (Å²) >= 11 is 2.06. The zero-order valence-electron chi connectivity index (χ0n) is 14.3. The van der Waals surface area contributed by atoms with E-state index in [0.29, 0.717) is 4.75 Å². The first-order valence-electron chi connectivity index (χ1n) is 8.36. The van der Waals surface area contributed by atoms with E-state index in [2.05, 4.69) is 42.7 Å². The van der Waals surface area contributed by atoms with E-state index in [1.165, 1.54) is 18.6 Å². The topological polar surface area (TPSA) is 36.9 Å². The fourth-order valence-electron chi connectivity index (χ4n) is 2.51. The lowest BCUT2D eigenvalue weighted by atomic mass is 10.2. The van der Waals surface area contributed by atoms with Crippen LogP contribution >= 0.6 is 35.7 Å². The van der Waals surface area contributed by atoms with E-state index >= 15 is 0 Å². The summed E-state index contributed by atoms with van der Waals surface area (Å²) in [4.78, 5) is 7.18. The van der Waals surface area contributed by atoms with Crippen molar-refractivity contribution in [3.05, 3.63) is 0 Å². The average molecular weight is 441 g/mol. The first-order chi connectivity index (χ1) is 10.1. The van der Waals surface area contributed by atoms with Crippen LogP contribution in [0.4, 0.5) is 0 Å². The summed E-state index contributed by atoms with van der Waals surface area (Å²) in [5.74, 6) is 3.12. The highest BCUT2D eigenvalue weighted by atomic mass is 127. The third kappa shape index (κ3) is 7.73. The van der Waals surface area contributed by atoms with Gasteiger partial charge in [-0.05, 0) is 46.0 Å². The molecule has 1 aliphatic heterocycles. The summed E-state index contributed by atoms with van der Waals surface area (Å²) in [5, 5.41) is 3.44. The van der Waals surface area contributed by atoms with Crippen LogP contribution in [-0.4, -0.2) is 60.8 Å². The molecule has 0 unspecified atom stereocenters. The molecule has 1 heterocycles. The van der Waals surface area contributed by atoms with Crippen LogP contribution in [0.1, 0.15) is 40.0 Å². The lowest BCUT2D eigenvalue weighted by molar-refractivity contribution is 0.123. The van der Waals surface area contributed by atoms with Gasteiger partial charge in [0, 0.05) is 49.9 Å². The zero-order chi connectivity index (χ0) is 15.1. The van der Waals surface area contributed by atoms with Crippen molar-refractivity contribution in [2.45, 2.75) is 44.8 Å². The van der Waals surface area contributed by atoms with Gasteiger partial charge in [-0.2, -0.15) is 11.8 Å². The Kier molecular flexibility index (Phi) is 9.47. The molecule has 0 spiro atoms. The van der Waals surface area contributed by atoms with Crippen molar-refractivity contribution in [2.24, 2.45) is 10.9 Å². The third-order valence-corrected chi connectivity index (χ3v) is 5.12. The van der Waals surface area contributed by atoms with E-state index in [4.69, 9.17) is 9.73 Å². The summed E-state index contributed by atoms with van der Waals surface area (Å²) in [5.41, 5.74) is 0. The first kappa shape index (κ1) is 20.4. The average Bonchev–Trinajstić information content (AvgIpc) is 3.24. The molecule has 2 fully saturated rings. The number of nitrogens with one attached hydrogen (secondary N) is 1. The Balaban J connectivity index is 0.00000242. The highest BCUT2D eigenvalue weighted by Crippen LogP contribution is 2.29. The minimum Gasteiger partial charge on any atom is -0.381 e. The van der Waals surface area contributed by atoms with Crippen LogP contribution in [0.15, 0.2) is 4.99 Å². The molecule has 1 saturated carbocycles. The van der Waals surface area contributed by atoms with Gasteiger partial charge < -0.3 is 15.0 Å². The number of hydrogen-bond donors (Lipinski definition) is 1. The zero-order valence-corrected chi connectivity index (χ0v) is 17.4. The predicted molar refractivity (Wildman–Crippen MR) is 108 cm³/mol. The normalized spacial score (nSPS) is 21.4. The number of hydrogen-bond acceptors (Lipinski definition) is 3. The van der Waals surface area contributed by atoms with Crippen molar-refractivity contribution in [1.82, 2.24) is 10.2 Å². The number of rotatable bonds is 7. The Labute approximate surface area is 157 Å². The lowest BCUT2D eigenvalue weighted by Gasteiger charge is -2.39. The number of halogens is 1. The number of guanidine groups is 1. The van der Waals surface area contributed by atoms with Crippen LogP contribution in [0.5, 0.6) is 0 Å². The Hall–Kier alpha value is 0.310. The summed E-state index contributed by atoms with van der Waals surface area (Å²) in [6, 6.07) is 0. The van der Waals surface area contributed by atoms with Crippen LogP contribution in [-0.2, 0) is 4.74 Å². The molecule has 4 nitrogen and oxygen atoms in total. The van der Waals surface area contributed by atoms with Gasteiger partial charge >= 0.3 is 0 Å². The second kappa shape index (κ2) is 10.2. The molecule has 1 N–H and O–H groups in total. The molecule has 0 aromatic rings. The molecule has 0 radical (unpaired) electrons. The number of ether oxygens (including phenoxy) is 1. The van der Waals surface area contributed by atoms with E-state index in [-0.39, 0.29) is 24.0 Å². The third-order valence-electron chi connectivity index (χ3n) is 3.82. The lowest BCUT2D eigenvalue weighted by Crippen LogP contribution is -2.51. The van der Waals surface area contributed by atoms with Gasteiger partial charge in [0.2, 0.25) is 0 Å².